The minimum Gasteiger partial charge on any atom is -0.463 e. The van der Waals surface area contributed by atoms with Crippen LogP contribution in [0.2, 0.25) is 0 Å². The number of carbonyl (C=O) groups excluding carboxylic acids is 4. The van der Waals surface area contributed by atoms with Crippen LogP contribution >= 0.6 is 0 Å². The normalized spacial score (nSPS) is 38.5. The van der Waals surface area contributed by atoms with E-state index in [1.54, 1.807) is 6.92 Å². The van der Waals surface area contributed by atoms with Crippen LogP contribution < -0.4 is 0 Å². The van der Waals surface area contributed by atoms with Gasteiger partial charge in [0.15, 0.2) is 18.5 Å². The van der Waals surface area contributed by atoms with Crippen molar-refractivity contribution in [3.63, 3.8) is 0 Å². The molecular formula is C20H28O12. The Balaban J connectivity index is 1.85. The van der Waals surface area contributed by atoms with Gasteiger partial charge in [0.1, 0.15) is 24.9 Å². The maximum Gasteiger partial charge on any atom is 0.304 e. The molecule has 0 aromatic carbocycles. The molecule has 12 nitrogen and oxygen atoms in total. The number of esters is 4. The molecule has 0 N–H and O–H groups in total. The number of hydrogen-bond donors (Lipinski definition) is 0. The summed E-state index contributed by atoms with van der Waals surface area (Å²) in [6.07, 6.45) is -7.46. The summed E-state index contributed by atoms with van der Waals surface area (Å²) in [7, 11) is 0. The number of fused-ring (bicyclic) bond motifs is 2. The second-order valence-electron chi connectivity index (χ2n) is 7.85. The molecule has 3 aliphatic heterocycles. The molecule has 9 atom stereocenters. The van der Waals surface area contributed by atoms with E-state index in [1.165, 1.54) is 27.7 Å². The molecule has 12 heteroatoms. The number of carbonyl (C=O) groups is 4. The van der Waals surface area contributed by atoms with Crippen LogP contribution in [-0.2, 0) is 57.1 Å². The summed E-state index contributed by atoms with van der Waals surface area (Å²) in [6.45, 7) is 6.37. The maximum atomic E-state index is 11.8. The number of hydrogen-bond acceptors (Lipinski definition) is 12. The molecule has 0 amide bonds. The molecule has 3 heterocycles. The first-order chi connectivity index (χ1) is 15.0. The highest BCUT2D eigenvalue weighted by Crippen LogP contribution is 2.39. The third-order valence-corrected chi connectivity index (χ3v) is 5.19. The Labute approximate surface area is 184 Å². The van der Waals surface area contributed by atoms with Gasteiger partial charge >= 0.3 is 23.9 Å². The fourth-order valence-corrected chi connectivity index (χ4v) is 4.07. The van der Waals surface area contributed by atoms with Crippen LogP contribution in [0.15, 0.2) is 0 Å². The lowest BCUT2D eigenvalue weighted by atomic mass is 9.94. The van der Waals surface area contributed by atoms with Gasteiger partial charge in [0.2, 0.25) is 6.29 Å². The van der Waals surface area contributed by atoms with Gasteiger partial charge in [-0.3, -0.25) is 19.2 Å². The first-order valence-corrected chi connectivity index (χ1v) is 10.3. The van der Waals surface area contributed by atoms with E-state index in [2.05, 4.69) is 0 Å². The van der Waals surface area contributed by atoms with Gasteiger partial charge < -0.3 is 37.9 Å². The topological polar surface area (TPSA) is 142 Å². The summed E-state index contributed by atoms with van der Waals surface area (Å²) >= 11 is 0. The first-order valence-electron chi connectivity index (χ1n) is 10.3. The molecule has 0 spiro atoms. The highest BCUT2D eigenvalue weighted by atomic mass is 16.8. The monoisotopic (exact) mass is 460 g/mol. The minimum absolute atomic E-state index is 0.180. The molecule has 32 heavy (non-hydrogen) atoms. The van der Waals surface area contributed by atoms with Crippen molar-refractivity contribution in [2.45, 2.75) is 96.3 Å². The summed E-state index contributed by atoms with van der Waals surface area (Å²) in [4.78, 5) is 46.2. The van der Waals surface area contributed by atoms with Crippen molar-refractivity contribution in [3.8, 4) is 0 Å². The third-order valence-electron chi connectivity index (χ3n) is 5.19. The summed E-state index contributed by atoms with van der Waals surface area (Å²) in [5.41, 5.74) is 0. The molecule has 3 rings (SSSR count). The van der Waals surface area contributed by atoms with Crippen LogP contribution in [-0.4, -0.2) is 85.8 Å². The fourth-order valence-electron chi connectivity index (χ4n) is 4.07. The van der Waals surface area contributed by atoms with E-state index in [0.717, 1.165) is 0 Å². The fraction of sp³-hybridized carbons (Fsp3) is 0.800. The SMILES string of the molecule is CC(=O)OC[C@H]1O[C@H]2O[C@H]3[C@H](C)O[C@@H](OC(C)=O)C[C@@H]3O[C@@H]2[C@@H](OC(C)=O)[C@@H]1OC(C)=O. The largest absolute Gasteiger partial charge is 0.463 e. The molecule has 0 aromatic heterocycles. The molecule has 0 aromatic rings. The summed E-state index contributed by atoms with van der Waals surface area (Å²) < 4.78 is 44.9. The van der Waals surface area contributed by atoms with Crippen LogP contribution in [0.3, 0.4) is 0 Å². The number of ether oxygens (including phenoxy) is 8. The van der Waals surface area contributed by atoms with Crippen LogP contribution in [0.1, 0.15) is 41.0 Å². The van der Waals surface area contributed by atoms with Crippen molar-refractivity contribution in [2.24, 2.45) is 0 Å². The molecule has 0 radical (unpaired) electrons. The standard InChI is InChI=1S/C20H28O12/c1-8-16-13(6-15(26-8)27-10(3)22)30-19-18(29-12(5)24)17(28-11(4)23)14(7-25-9(2)21)31-20(19)32-16/h8,13-20H,6-7H2,1-5H3/t8-,13-,14+,15-,16-,17+,18-,19+,20-/m0/s1. The van der Waals surface area contributed by atoms with Crippen molar-refractivity contribution in [1.82, 2.24) is 0 Å². The van der Waals surface area contributed by atoms with Gasteiger partial charge in [-0.1, -0.05) is 0 Å². The molecule has 0 saturated carbocycles. The maximum absolute atomic E-state index is 11.8. The third kappa shape index (κ3) is 5.74. The summed E-state index contributed by atoms with van der Waals surface area (Å²) in [5.74, 6) is -2.35. The zero-order valence-corrected chi connectivity index (χ0v) is 18.5. The average Bonchev–Trinajstić information content (AvgIpc) is 2.66. The van der Waals surface area contributed by atoms with Gasteiger partial charge in [-0.25, -0.2) is 0 Å². The van der Waals surface area contributed by atoms with Gasteiger partial charge in [0.05, 0.1) is 12.2 Å². The van der Waals surface area contributed by atoms with Crippen molar-refractivity contribution >= 4 is 23.9 Å². The van der Waals surface area contributed by atoms with Crippen LogP contribution in [0, 0.1) is 0 Å². The Morgan fingerprint density at radius 1 is 0.750 bits per heavy atom. The predicted molar refractivity (Wildman–Crippen MR) is 101 cm³/mol. The summed E-state index contributed by atoms with van der Waals surface area (Å²) in [6, 6.07) is 0. The average molecular weight is 460 g/mol. The molecule has 180 valence electrons. The molecule has 3 saturated heterocycles. The van der Waals surface area contributed by atoms with Gasteiger partial charge in [-0.05, 0) is 6.92 Å². The van der Waals surface area contributed by atoms with Crippen LogP contribution in [0.4, 0.5) is 0 Å². The van der Waals surface area contributed by atoms with Crippen molar-refractivity contribution < 1.29 is 57.1 Å². The zero-order chi connectivity index (χ0) is 23.6. The Morgan fingerprint density at radius 3 is 1.97 bits per heavy atom. The van der Waals surface area contributed by atoms with E-state index in [4.69, 9.17) is 37.9 Å². The highest BCUT2D eigenvalue weighted by Gasteiger charge is 2.57. The van der Waals surface area contributed by atoms with E-state index >= 15 is 0 Å². The smallest absolute Gasteiger partial charge is 0.304 e. The summed E-state index contributed by atoms with van der Waals surface area (Å²) in [5, 5.41) is 0. The molecule has 0 bridgehead atoms. The van der Waals surface area contributed by atoms with Gasteiger partial charge in [0, 0.05) is 34.1 Å². The molecule has 0 aliphatic carbocycles. The van der Waals surface area contributed by atoms with Crippen molar-refractivity contribution in [2.75, 3.05) is 6.61 Å². The van der Waals surface area contributed by atoms with Gasteiger partial charge in [-0.15, -0.1) is 0 Å². The number of rotatable bonds is 5. The highest BCUT2D eigenvalue weighted by molar-refractivity contribution is 5.68. The lowest BCUT2D eigenvalue weighted by Crippen LogP contribution is -2.68. The molecular weight excluding hydrogens is 432 g/mol. The van der Waals surface area contributed by atoms with Crippen molar-refractivity contribution in [1.29, 1.82) is 0 Å². The van der Waals surface area contributed by atoms with Crippen LogP contribution in [0.5, 0.6) is 0 Å². The van der Waals surface area contributed by atoms with Crippen molar-refractivity contribution in [3.05, 3.63) is 0 Å². The Morgan fingerprint density at radius 2 is 1.38 bits per heavy atom. The van der Waals surface area contributed by atoms with E-state index in [9.17, 15) is 19.2 Å². The Hall–Kier alpha value is -2.28. The zero-order valence-electron chi connectivity index (χ0n) is 18.5. The second-order valence-corrected chi connectivity index (χ2v) is 7.85. The quantitative estimate of drug-likeness (QED) is 0.402. The predicted octanol–water partition coefficient (Wildman–Crippen LogP) is -0.0116. The molecule has 0 unspecified atom stereocenters. The molecule has 3 fully saturated rings. The van der Waals surface area contributed by atoms with E-state index in [0.29, 0.717) is 0 Å². The first kappa shape index (κ1) is 24.4. The molecule has 3 aliphatic rings. The van der Waals surface area contributed by atoms with Gasteiger partial charge in [-0.2, -0.15) is 0 Å². The van der Waals surface area contributed by atoms with E-state index in [-0.39, 0.29) is 13.0 Å². The van der Waals surface area contributed by atoms with E-state index in [1.807, 2.05) is 0 Å². The second kappa shape index (κ2) is 10.1. The van der Waals surface area contributed by atoms with Gasteiger partial charge in [0.25, 0.3) is 0 Å². The minimum atomic E-state index is -1.11. The van der Waals surface area contributed by atoms with E-state index < -0.39 is 79.2 Å². The lowest BCUT2D eigenvalue weighted by molar-refractivity contribution is -0.394. The lowest BCUT2D eigenvalue weighted by Gasteiger charge is -2.52. The Kier molecular flexibility index (Phi) is 7.70. The van der Waals surface area contributed by atoms with Crippen LogP contribution in [0.25, 0.3) is 0 Å². The Bertz CT molecular complexity index is 738.